The van der Waals surface area contributed by atoms with E-state index >= 15 is 0 Å². The molecule has 0 aromatic carbocycles. The van der Waals surface area contributed by atoms with E-state index < -0.39 is 0 Å². The molecule has 0 heterocycles. The van der Waals surface area contributed by atoms with Crippen LogP contribution in [0.1, 0.15) is 72.6 Å². The van der Waals surface area contributed by atoms with Crippen LogP contribution in [0.25, 0.3) is 0 Å². The van der Waals surface area contributed by atoms with E-state index in [9.17, 15) is 0 Å². The van der Waals surface area contributed by atoms with E-state index in [1.807, 2.05) is 0 Å². The Hall–Kier alpha value is -0.520. The molecular weight excluding hydrogens is 240 g/mol. The van der Waals surface area contributed by atoms with E-state index in [4.69, 9.17) is 0 Å². The van der Waals surface area contributed by atoms with Gasteiger partial charge in [0.2, 0.25) is 0 Å². The molecule has 0 aromatic heterocycles. The molecule has 2 saturated carbocycles. The molecule has 0 heteroatoms. The van der Waals surface area contributed by atoms with Gasteiger partial charge >= 0.3 is 0 Å². The maximum atomic E-state index is 4.07. The summed E-state index contributed by atoms with van der Waals surface area (Å²) in [5.41, 5.74) is 3.15. The molecule has 20 heavy (non-hydrogen) atoms. The summed E-state index contributed by atoms with van der Waals surface area (Å²) in [6.07, 6.45) is 14.5. The van der Waals surface area contributed by atoms with E-state index in [1.54, 1.807) is 5.57 Å². The fourth-order valence-corrected chi connectivity index (χ4v) is 6.01. The number of rotatable bonds is 1. The molecule has 112 valence electrons. The first-order chi connectivity index (χ1) is 9.31. The van der Waals surface area contributed by atoms with Gasteiger partial charge in [0.1, 0.15) is 0 Å². The molecule has 0 bridgehead atoms. The first kappa shape index (κ1) is 14.4. The van der Waals surface area contributed by atoms with Crippen molar-refractivity contribution in [3.05, 3.63) is 24.3 Å². The fourth-order valence-electron chi connectivity index (χ4n) is 6.01. The highest BCUT2D eigenvalue weighted by Crippen LogP contribution is 2.63. The summed E-state index contributed by atoms with van der Waals surface area (Å²) in [4.78, 5) is 0. The summed E-state index contributed by atoms with van der Waals surface area (Å²) in [7, 11) is 0. The fraction of sp³-hybridized carbons (Fsp3) is 0.800. The minimum Gasteiger partial charge on any atom is -0.102 e. The molecule has 0 aromatic rings. The first-order valence-corrected chi connectivity index (χ1v) is 8.66. The van der Waals surface area contributed by atoms with Crippen molar-refractivity contribution in [3.63, 3.8) is 0 Å². The maximum Gasteiger partial charge on any atom is 0.00330 e. The van der Waals surface area contributed by atoms with Crippen LogP contribution in [-0.4, -0.2) is 0 Å². The van der Waals surface area contributed by atoms with Crippen molar-refractivity contribution in [1.82, 2.24) is 0 Å². The molecule has 0 spiro atoms. The van der Waals surface area contributed by atoms with Crippen LogP contribution in [0, 0.1) is 28.1 Å². The SMILES string of the molecule is C=C[C@@]1(C)C=C2CC[C@H]3C(C)(C)CCCC3(C)[C@H]2CC1. The molecule has 3 aliphatic carbocycles. The van der Waals surface area contributed by atoms with Crippen LogP contribution in [-0.2, 0) is 0 Å². The Kier molecular flexibility index (Phi) is 3.23. The Balaban J connectivity index is 1.97. The molecule has 0 amide bonds. The van der Waals surface area contributed by atoms with Crippen molar-refractivity contribution < 1.29 is 0 Å². The average molecular weight is 272 g/mol. The molecule has 0 aliphatic heterocycles. The highest BCUT2D eigenvalue weighted by Gasteiger charge is 2.54. The smallest absolute Gasteiger partial charge is 0.00330 e. The summed E-state index contributed by atoms with van der Waals surface area (Å²) >= 11 is 0. The highest BCUT2D eigenvalue weighted by atomic mass is 14.6. The van der Waals surface area contributed by atoms with Crippen LogP contribution >= 0.6 is 0 Å². The second kappa shape index (κ2) is 4.49. The molecule has 0 N–H and O–H groups in total. The molecule has 4 atom stereocenters. The Morgan fingerprint density at radius 2 is 1.85 bits per heavy atom. The third-order valence-corrected chi connectivity index (χ3v) is 7.19. The van der Waals surface area contributed by atoms with Crippen LogP contribution in [0.15, 0.2) is 24.3 Å². The second-order valence-electron chi connectivity index (χ2n) is 8.96. The maximum absolute atomic E-state index is 4.07. The monoisotopic (exact) mass is 272 g/mol. The lowest BCUT2D eigenvalue weighted by Crippen LogP contribution is -2.50. The summed E-state index contributed by atoms with van der Waals surface area (Å²) in [6.45, 7) is 14.1. The Morgan fingerprint density at radius 1 is 1.10 bits per heavy atom. The second-order valence-corrected chi connectivity index (χ2v) is 8.96. The molecule has 0 nitrogen and oxygen atoms in total. The predicted molar refractivity (Wildman–Crippen MR) is 87.6 cm³/mol. The van der Waals surface area contributed by atoms with Crippen LogP contribution < -0.4 is 0 Å². The van der Waals surface area contributed by atoms with Crippen LogP contribution in [0.2, 0.25) is 0 Å². The third kappa shape index (κ3) is 2.02. The quantitative estimate of drug-likeness (QED) is 0.503. The highest BCUT2D eigenvalue weighted by molar-refractivity contribution is 5.26. The van der Waals surface area contributed by atoms with E-state index in [2.05, 4.69) is 46.4 Å². The minimum absolute atomic E-state index is 0.263. The van der Waals surface area contributed by atoms with E-state index in [0.717, 1.165) is 11.8 Å². The van der Waals surface area contributed by atoms with E-state index in [0.29, 0.717) is 10.8 Å². The van der Waals surface area contributed by atoms with Crippen molar-refractivity contribution in [3.8, 4) is 0 Å². The normalized spacial score (nSPS) is 46.9. The zero-order valence-electron chi connectivity index (χ0n) is 14.0. The third-order valence-electron chi connectivity index (χ3n) is 7.19. The van der Waals surface area contributed by atoms with E-state index in [1.165, 1.54) is 44.9 Å². The Labute approximate surface area is 125 Å². The van der Waals surface area contributed by atoms with Crippen molar-refractivity contribution in [2.24, 2.45) is 28.1 Å². The van der Waals surface area contributed by atoms with Gasteiger partial charge in [-0.15, -0.1) is 6.58 Å². The zero-order chi connectivity index (χ0) is 14.6. The van der Waals surface area contributed by atoms with Gasteiger partial charge in [-0.1, -0.05) is 51.8 Å². The van der Waals surface area contributed by atoms with Gasteiger partial charge in [0.25, 0.3) is 0 Å². The summed E-state index contributed by atoms with van der Waals surface area (Å²) < 4.78 is 0. The summed E-state index contributed by atoms with van der Waals surface area (Å²) in [5, 5.41) is 0. The predicted octanol–water partition coefficient (Wildman–Crippen LogP) is 6.14. The first-order valence-electron chi connectivity index (χ1n) is 8.66. The van der Waals surface area contributed by atoms with Crippen molar-refractivity contribution >= 4 is 0 Å². The minimum atomic E-state index is 0.263. The van der Waals surface area contributed by atoms with Gasteiger partial charge in [-0.2, -0.15) is 0 Å². The zero-order valence-corrected chi connectivity index (χ0v) is 14.0. The molecular formula is C20H32. The van der Waals surface area contributed by atoms with Gasteiger partial charge in [-0.05, 0) is 61.2 Å². The van der Waals surface area contributed by atoms with Crippen LogP contribution in [0.4, 0.5) is 0 Å². The van der Waals surface area contributed by atoms with Crippen molar-refractivity contribution in [2.45, 2.75) is 72.6 Å². The topological polar surface area (TPSA) is 0 Å². The molecule has 2 fully saturated rings. The lowest BCUT2D eigenvalue weighted by molar-refractivity contribution is -0.0587. The summed E-state index contributed by atoms with van der Waals surface area (Å²) in [5.74, 6) is 1.79. The van der Waals surface area contributed by atoms with Gasteiger partial charge in [-0.3, -0.25) is 0 Å². The standard InChI is InChI=1S/C20H32/c1-6-19(4)13-10-16-15(14-19)8-9-17-18(2,3)11-7-12-20(16,17)5/h6,14,16-17H,1,7-13H2,2-5H3/t16-,17-,19+,20?/m0/s1. The van der Waals surface area contributed by atoms with Gasteiger partial charge in [0, 0.05) is 5.41 Å². The molecule has 0 radical (unpaired) electrons. The lowest BCUT2D eigenvalue weighted by atomic mass is 9.45. The Morgan fingerprint density at radius 3 is 2.55 bits per heavy atom. The largest absolute Gasteiger partial charge is 0.102 e. The van der Waals surface area contributed by atoms with Gasteiger partial charge in [0.15, 0.2) is 0 Å². The molecule has 3 rings (SSSR count). The van der Waals surface area contributed by atoms with E-state index in [-0.39, 0.29) is 5.41 Å². The number of allylic oxidation sites excluding steroid dienone is 3. The van der Waals surface area contributed by atoms with Crippen molar-refractivity contribution in [1.29, 1.82) is 0 Å². The number of hydrogen-bond acceptors (Lipinski definition) is 0. The van der Waals surface area contributed by atoms with Crippen LogP contribution in [0.5, 0.6) is 0 Å². The molecule has 1 unspecified atom stereocenters. The van der Waals surface area contributed by atoms with Gasteiger partial charge in [0.05, 0.1) is 0 Å². The van der Waals surface area contributed by atoms with Gasteiger partial charge in [-0.25, -0.2) is 0 Å². The number of hydrogen-bond donors (Lipinski definition) is 0. The van der Waals surface area contributed by atoms with Crippen LogP contribution in [0.3, 0.4) is 0 Å². The molecule has 0 saturated heterocycles. The Bertz CT molecular complexity index is 441. The number of fused-ring (bicyclic) bond motifs is 3. The average Bonchev–Trinajstić information content (AvgIpc) is 2.37. The molecule has 3 aliphatic rings. The van der Waals surface area contributed by atoms with Crippen molar-refractivity contribution in [2.75, 3.05) is 0 Å². The van der Waals surface area contributed by atoms with Gasteiger partial charge < -0.3 is 0 Å². The lowest BCUT2D eigenvalue weighted by Gasteiger charge is -2.59. The summed E-state index contributed by atoms with van der Waals surface area (Å²) in [6, 6.07) is 0.